The molecule has 0 aromatic carbocycles. The van der Waals surface area contributed by atoms with Gasteiger partial charge in [-0.15, -0.1) is 0 Å². The zero-order chi connectivity index (χ0) is 23.1. The monoisotopic (exact) mass is 431 g/mol. The van der Waals surface area contributed by atoms with Crippen LogP contribution in [0.5, 0.6) is 0 Å². The largest absolute Gasteiger partial charge is 0.462 e. The Morgan fingerprint density at radius 3 is 1.81 bits per heavy atom. The summed E-state index contributed by atoms with van der Waals surface area (Å²) in [6, 6.07) is 6.41. The van der Waals surface area contributed by atoms with E-state index in [0.717, 1.165) is 5.17 Å². The van der Waals surface area contributed by atoms with Crippen LogP contribution in [0.15, 0.2) is 24.3 Å². The molecule has 2 aliphatic carbocycles. The number of nitrogens with two attached hydrogens (primary N) is 1. The molecular formula is C21H25N3O7. The maximum Gasteiger partial charge on any atom is 0.340 e. The highest BCUT2D eigenvalue weighted by Crippen LogP contribution is 2.39. The van der Waals surface area contributed by atoms with Crippen molar-refractivity contribution >= 4 is 30.0 Å². The number of hydrogen-bond donors (Lipinski definition) is 1. The van der Waals surface area contributed by atoms with E-state index in [2.05, 4.69) is 4.84 Å². The highest BCUT2D eigenvalue weighted by atomic mass is 16.7. The van der Waals surface area contributed by atoms with Gasteiger partial charge in [0.2, 0.25) is 0 Å². The first kappa shape index (κ1) is 23.6. The highest BCUT2D eigenvalue weighted by molar-refractivity contribution is 6.15. The van der Waals surface area contributed by atoms with Crippen LogP contribution in [-0.2, 0) is 30.3 Å². The van der Waals surface area contributed by atoms with Crippen molar-refractivity contribution in [2.75, 3.05) is 33.0 Å². The van der Waals surface area contributed by atoms with Crippen LogP contribution in [0.1, 0.15) is 40.1 Å². The maximum atomic E-state index is 12.5. The normalized spacial score (nSPS) is 10.6. The van der Waals surface area contributed by atoms with Gasteiger partial charge in [0.25, 0.3) is 5.91 Å². The number of rotatable bonds is 9. The quantitative estimate of drug-likeness (QED) is 0.358. The van der Waals surface area contributed by atoms with E-state index < -0.39 is 17.8 Å². The molecule has 0 saturated carbocycles. The fraction of sp³-hybridized carbons (Fsp3) is 0.333. The van der Waals surface area contributed by atoms with Gasteiger partial charge in [-0.05, 0) is 30.5 Å². The van der Waals surface area contributed by atoms with Gasteiger partial charge < -0.3 is 20.0 Å². The van der Waals surface area contributed by atoms with Gasteiger partial charge in [-0.3, -0.25) is 9.59 Å². The van der Waals surface area contributed by atoms with Crippen molar-refractivity contribution in [1.29, 1.82) is 0 Å². The molecule has 0 saturated heterocycles. The number of amides is 1. The molecule has 0 spiro atoms. The molecule has 0 fully saturated rings. The average molecular weight is 431 g/mol. The molecule has 2 aliphatic rings. The van der Waals surface area contributed by atoms with Crippen molar-refractivity contribution in [3.63, 3.8) is 0 Å². The number of carbonyl (C=O) groups excluding carboxylic acids is 4. The fourth-order valence-electron chi connectivity index (χ4n) is 3.09. The second-order valence-corrected chi connectivity index (χ2v) is 6.57. The minimum Gasteiger partial charge on any atom is -0.462 e. The first-order valence-electron chi connectivity index (χ1n) is 9.55. The van der Waals surface area contributed by atoms with Crippen LogP contribution in [0.4, 0.5) is 5.69 Å². The van der Waals surface area contributed by atoms with Crippen LogP contribution in [0, 0.1) is 0 Å². The molecule has 31 heavy (non-hydrogen) atoms. The van der Waals surface area contributed by atoms with Crippen molar-refractivity contribution in [2.45, 2.75) is 20.3 Å². The van der Waals surface area contributed by atoms with Crippen LogP contribution >= 0.6 is 0 Å². The Kier molecular flexibility index (Phi) is 7.92. The van der Waals surface area contributed by atoms with Gasteiger partial charge in [0.05, 0.1) is 36.4 Å². The van der Waals surface area contributed by atoms with Gasteiger partial charge in [0.15, 0.2) is 0 Å². The van der Waals surface area contributed by atoms with E-state index in [1.54, 1.807) is 52.2 Å². The first-order valence-corrected chi connectivity index (χ1v) is 9.55. The number of nitrogens with zero attached hydrogens (tertiary/aromatic N) is 2. The number of ether oxygens (including phenoxy) is 2. The number of anilines is 1. The van der Waals surface area contributed by atoms with E-state index in [4.69, 9.17) is 15.2 Å². The van der Waals surface area contributed by atoms with Gasteiger partial charge >= 0.3 is 18.4 Å². The second kappa shape index (κ2) is 10.4. The molecule has 10 nitrogen and oxygen atoms in total. The molecule has 0 aromatic heterocycles. The predicted molar refractivity (Wildman–Crippen MR) is 111 cm³/mol. The van der Waals surface area contributed by atoms with Crippen LogP contribution < -0.4 is 5.73 Å². The van der Waals surface area contributed by atoms with Crippen LogP contribution in [-0.4, -0.2) is 61.8 Å². The maximum absolute atomic E-state index is 12.5. The van der Waals surface area contributed by atoms with Crippen molar-refractivity contribution < 1.29 is 33.5 Å². The van der Waals surface area contributed by atoms with E-state index in [-0.39, 0.29) is 42.9 Å². The van der Waals surface area contributed by atoms with Gasteiger partial charge in [0.1, 0.15) is 0 Å². The second-order valence-electron chi connectivity index (χ2n) is 6.57. The molecule has 0 unspecified atom stereocenters. The van der Waals surface area contributed by atoms with Crippen molar-refractivity contribution in [2.24, 2.45) is 0 Å². The summed E-state index contributed by atoms with van der Waals surface area (Å²) < 4.78 is 10.2. The molecule has 0 atom stereocenters. The topological polar surface area (TPSA) is 128 Å². The number of hydrazine groups is 1. The predicted octanol–water partition coefficient (Wildman–Crippen LogP) is 1.66. The summed E-state index contributed by atoms with van der Waals surface area (Å²) in [5, 5.41) is 2.13. The standard InChI is InChI=1S/C21H25N3O7/c1-5-29-20(27)17-14-9-7-13(11-16(26)24(23(3)4)31-12-25)8-10-15(14)18(19(17)22)21(28)30-6-2/h7-10,12H,5-6,11,22H2,1-4H3. The van der Waals surface area contributed by atoms with E-state index in [1.807, 2.05) is 0 Å². The number of hydroxylamine groups is 1. The Morgan fingerprint density at radius 2 is 1.42 bits per heavy atom. The molecule has 1 amide bonds. The number of hydrogen-bond acceptors (Lipinski definition) is 9. The molecule has 0 aromatic rings. The van der Waals surface area contributed by atoms with Gasteiger partial charge in [-0.1, -0.05) is 29.4 Å². The smallest absolute Gasteiger partial charge is 0.340 e. The van der Waals surface area contributed by atoms with Gasteiger partial charge in [0, 0.05) is 14.1 Å². The number of fused-ring (bicyclic) bond motifs is 1. The van der Waals surface area contributed by atoms with Gasteiger partial charge in [-0.2, -0.15) is 5.01 Å². The first-order chi connectivity index (χ1) is 14.8. The summed E-state index contributed by atoms with van der Waals surface area (Å²) in [5.41, 5.74) is 7.57. The lowest BCUT2D eigenvalue weighted by atomic mass is 10.1. The summed E-state index contributed by atoms with van der Waals surface area (Å²) in [6.07, 6.45) is -0.109. The SMILES string of the molecule is CCOC(=O)c1c2ccc(CC(=O)N(OC=O)N(C)C)ccc-2c(C(=O)OCC)c1N. The van der Waals surface area contributed by atoms with Crippen molar-refractivity contribution in [3.8, 4) is 11.1 Å². The van der Waals surface area contributed by atoms with Crippen molar-refractivity contribution in [1.82, 2.24) is 10.2 Å². The molecular weight excluding hydrogens is 406 g/mol. The number of carbonyl (C=O) groups is 4. The third-order valence-electron chi connectivity index (χ3n) is 4.33. The molecule has 0 aliphatic heterocycles. The molecule has 166 valence electrons. The van der Waals surface area contributed by atoms with Gasteiger partial charge in [-0.25, -0.2) is 9.59 Å². The minimum absolute atomic E-state index is 0.0195. The Labute approximate surface area is 179 Å². The summed E-state index contributed by atoms with van der Waals surface area (Å²) in [7, 11) is 3.08. The zero-order valence-corrected chi connectivity index (χ0v) is 17.8. The van der Waals surface area contributed by atoms with Crippen molar-refractivity contribution in [3.05, 3.63) is 41.0 Å². The number of nitrogen functional groups attached to an aromatic ring is 1. The van der Waals surface area contributed by atoms with Crippen LogP contribution in [0.25, 0.3) is 11.1 Å². The Bertz CT molecular complexity index is 903. The molecule has 0 heterocycles. The molecule has 2 N–H and O–H groups in total. The zero-order valence-electron chi connectivity index (χ0n) is 17.8. The van der Waals surface area contributed by atoms with E-state index in [0.29, 0.717) is 16.7 Å². The molecule has 0 bridgehead atoms. The number of esters is 2. The third kappa shape index (κ3) is 5.10. The Balaban J connectivity index is 2.55. The van der Waals surface area contributed by atoms with E-state index in [1.165, 1.54) is 5.01 Å². The highest BCUT2D eigenvalue weighted by Gasteiger charge is 2.30. The minimum atomic E-state index is -0.664. The van der Waals surface area contributed by atoms with E-state index in [9.17, 15) is 19.2 Å². The lowest BCUT2D eigenvalue weighted by Crippen LogP contribution is -2.42. The third-order valence-corrected chi connectivity index (χ3v) is 4.33. The fourth-order valence-corrected chi connectivity index (χ4v) is 3.09. The lowest BCUT2D eigenvalue weighted by molar-refractivity contribution is -0.236. The van der Waals surface area contributed by atoms with Crippen LogP contribution in [0.2, 0.25) is 0 Å². The Hall–Kier alpha value is -3.66. The summed E-state index contributed by atoms with van der Waals surface area (Å²) in [4.78, 5) is 52.8. The average Bonchev–Trinajstić information content (AvgIpc) is 2.84. The molecule has 0 radical (unpaired) electrons. The molecule has 2 rings (SSSR count). The Morgan fingerprint density at radius 1 is 0.935 bits per heavy atom. The summed E-state index contributed by atoms with van der Waals surface area (Å²) in [5.74, 6) is -1.83. The summed E-state index contributed by atoms with van der Waals surface area (Å²) >= 11 is 0. The summed E-state index contributed by atoms with van der Waals surface area (Å²) in [6.45, 7) is 3.74. The lowest BCUT2D eigenvalue weighted by Gasteiger charge is -2.24. The van der Waals surface area contributed by atoms with Crippen LogP contribution in [0.3, 0.4) is 0 Å². The van der Waals surface area contributed by atoms with E-state index >= 15 is 0 Å². The molecule has 10 heteroatoms.